The van der Waals surface area contributed by atoms with Crippen molar-refractivity contribution in [2.45, 2.75) is 96.8 Å². The highest BCUT2D eigenvalue weighted by molar-refractivity contribution is 5.28. The maximum absolute atomic E-state index is 14.4. The number of halogens is 2. The lowest BCUT2D eigenvalue weighted by Gasteiger charge is -2.45. The topological polar surface area (TPSA) is 0 Å². The number of hydrogen-bond donors (Lipinski definition) is 0. The number of hydrogen-bond acceptors (Lipinski definition) is 0. The van der Waals surface area contributed by atoms with Crippen molar-refractivity contribution in [3.05, 3.63) is 34.9 Å². The van der Waals surface area contributed by atoms with Gasteiger partial charge >= 0.3 is 0 Å². The van der Waals surface area contributed by atoms with Crippen LogP contribution in [0, 0.1) is 48.1 Å². The molecule has 28 heavy (non-hydrogen) atoms. The molecule has 3 aliphatic carbocycles. The van der Waals surface area contributed by atoms with Gasteiger partial charge in [0.2, 0.25) is 0 Å². The fourth-order valence-electron chi connectivity index (χ4n) is 7.00. The molecule has 0 aromatic heterocycles. The van der Waals surface area contributed by atoms with Gasteiger partial charge in [0, 0.05) is 0 Å². The van der Waals surface area contributed by atoms with Gasteiger partial charge in [-0.2, -0.15) is 0 Å². The van der Waals surface area contributed by atoms with Crippen molar-refractivity contribution in [3.63, 3.8) is 0 Å². The van der Waals surface area contributed by atoms with Crippen LogP contribution in [0.2, 0.25) is 0 Å². The van der Waals surface area contributed by atoms with Gasteiger partial charge < -0.3 is 0 Å². The number of aryl methyl sites for hydroxylation is 1. The Morgan fingerprint density at radius 3 is 2.07 bits per heavy atom. The Morgan fingerprint density at radius 1 is 0.750 bits per heavy atom. The molecule has 0 nitrogen and oxygen atoms in total. The Balaban J connectivity index is 1.31. The summed E-state index contributed by atoms with van der Waals surface area (Å²) in [7, 11) is 0. The summed E-state index contributed by atoms with van der Waals surface area (Å²) in [5.74, 6) is 3.68. The summed E-state index contributed by atoms with van der Waals surface area (Å²) >= 11 is 0. The summed E-state index contributed by atoms with van der Waals surface area (Å²) in [4.78, 5) is 0. The molecule has 0 spiro atoms. The molecule has 0 aliphatic heterocycles. The highest BCUT2D eigenvalue weighted by Gasteiger charge is 2.38. The maximum Gasteiger partial charge on any atom is 0.162 e. The van der Waals surface area contributed by atoms with Crippen molar-refractivity contribution < 1.29 is 8.78 Å². The summed E-state index contributed by atoms with van der Waals surface area (Å²) in [5.41, 5.74) is 1.04. The van der Waals surface area contributed by atoms with Crippen LogP contribution in [0.25, 0.3) is 0 Å². The average Bonchev–Trinajstić information content (AvgIpc) is 2.72. The third-order valence-electron chi connectivity index (χ3n) is 8.64. The summed E-state index contributed by atoms with van der Waals surface area (Å²) in [6.07, 6.45) is 16.0. The lowest BCUT2D eigenvalue weighted by molar-refractivity contribution is 0.0616. The van der Waals surface area contributed by atoms with Crippen molar-refractivity contribution >= 4 is 0 Å². The van der Waals surface area contributed by atoms with E-state index in [1.54, 1.807) is 13.0 Å². The first kappa shape index (κ1) is 20.4. The van der Waals surface area contributed by atoms with Crippen molar-refractivity contribution in [3.8, 4) is 0 Å². The minimum absolute atomic E-state index is 0.215. The minimum atomic E-state index is -0.642. The van der Waals surface area contributed by atoms with Crippen molar-refractivity contribution in [2.24, 2.45) is 29.6 Å². The van der Waals surface area contributed by atoms with E-state index < -0.39 is 11.6 Å². The second-order valence-electron chi connectivity index (χ2n) is 10.3. The normalized spacial score (nSPS) is 36.1. The van der Waals surface area contributed by atoms with Gasteiger partial charge in [-0.1, -0.05) is 38.3 Å². The number of rotatable bonds is 4. The summed E-state index contributed by atoms with van der Waals surface area (Å²) in [6.45, 7) is 3.97. The Hall–Kier alpha value is -0.920. The average molecular weight is 389 g/mol. The Morgan fingerprint density at radius 2 is 1.36 bits per heavy atom. The molecule has 0 N–H and O–H groups in total. The predicted molar refractivity (Wildman–Crippen MR) is 112 cm³/mol. The van der Waals surface area contributed by atoms with Crippen LogP contribution in [0.15, 0.2) is 12.1 Å². The van der Waals surface area contributed by atoms with E-state index in [1.165, 1.54) is 64.2 Å². The lowest BCUT2D eigenvalue weighted by atomic mass is 9.60. The molecule has 4 rings (SSSR count). The monoisotopic (exact) mass is 388 g/mol. The second-order valence-corrected chi connectivity index (χ2v) is 10.3. The molecule has 0 bridgehead atoms. The molecule has 1 aromatic rings. The highest BCUT2D eigenvalue weighted by atomic mass is 19.2. The van der Waals surface area contributed by atoms with Crippen LogP contribution in [0.5, 0.6) is 0 Å². The van der Waals surface area contributed by atoms with Gasteiger partial charge in [0.15, 0.2) is 11.6 Å². The van der Waals surface area contributed by atoms with Crippen LogP contribution >= 0.6 is 0 Å². The van der Waals surface area contributed by atoms with Gasteiger partial charge in [0.05, 0.1) is 0 Å². The lowest BCUT2D eigenvalue weighted by Crippen LogP contribution is -2.34. The van der Waals surface area contributed by atoms with E-state index >= 15 is 0 Å². The third kappa shape index (κ3) is 4.17. The van der Waals surface area contributed by atoms with E-state index in [0.717, 1.165) is 42.4 Å². The van der Waals surface area contributed by atoms with Crippen LogP contribution in [-0.4, -0.2) is 0 Å². The molecule has 3 saturated carbocycles. The Kier molecular flexibility index (Phi) is 6.43. The van der Waals surface area contributed by atoms with Gasteiger partial charge in [0.25, 0.3) is 0 Å². The molecule has 0 heterocycles. The van der Waals surface area contributed by atoms with Crippen LogP contribution in [-0.2, 0) is 0 Å². The minimum Gasteiger partial charge on any atom is -0.203 e. The zero-order valence-electron chi connectivity index (χ0n) is 17.9. The fourth-order valence-corrected chi connectivity index (χ4v) is 7.00. The molecular weight excluding hydrogens is 350 g/mol. The van der Waals surface area contributed by atoms with Crippen LogP contribution in [0.4, 0.5) is 8.78 Å². The van der Waals surface area contributed by atoms with E-state index in [2.05, 4.69) is 6.92 Å². The van der Waals surface area contributed by atoms with Crippen molar-refractivity contribution in [1.29, 1.82) is 0 Å². The molecule has 156 valence electrons. The van der Waals surface area contributed by atoms with Crippen LogP contribution in [0.1, 0.15) is 101 Å². The predicted octanol–water partition coefficient (Wildman–Crippen LogP) is 8.18. The van der Waals surface area contributed by atoms with E-state index in [1.807, 2.05) is 6.07 Å². The smallest absolute Gasteiger partial charge is 0.162 e. The standard InChI is InChI=1S/C26H38F2/c1-3-4-18-6-7-23-16-22(13-12-21(23)15-18)19-8-10-20(11-9-19)24-14-5-17(2)25(27)26(24)28/h5,14,18-23H,3-4,6-13,15-16H2,1-2H3. The Bertz CT molecular complexity index is 659. The number of benzene rings is 1. The van der Waals surface area contributed by atoms with Gasteiger partial charge in [0.1, 0.15) is 0 Å². The van der Waals surface area contributed by atoms with Crippen molar-refractivity contribution in [1.82, 2.24) is 0 Å². The van der Waals surface area contributed by atoms with E-state index in [9.17, 15) is 8.78 Å². The molecular formula is C26H38F2. The molecule has 3 fully saturated rings. The van der Waals surface area contributed by atoms with E-state index in [-0.39, 0.29) is 5.92 Å². The fraction of sp³-hybridized carbons (Fsp3) is 0.769. The zero-order valence-corrected chi connectivity index (χ0v) is 17.9. The summed E-state index contributed by atoms with van der Waals surface area (Å²) in [6, 6.07) is 3.58. The Labute approximate surface area is 170 Å². The third-order valence-corrected chi connectivity index (χ3v) is 8.64. The molecule has 3 aliphatic rings. The quantitative estimate of drug-likeness (QED) is 0.488. The first-order chi connectivity index (χ1) is 13.6. The molecule has 2 heteroatoms. The van der Waals surface area contributed by atoms with Crippen molar-refractivity contribution in [2.75, 3.05) is 0 Å². The maximum atomic E-state index is 14.4. The molecule has 0 amide bonds. The first-order valence-electron chi connectivity index (χ1n) is 12.0. The molecule has 0 radical (unpaired) electrons. The summed E-state index contributed by atoms with van der Waals surface area (Å²) in [5, 5.41) is 0. The summed E-state index contributed by atoms with van der Waals surface area (Å²) < 4.78 is 28.4. The van der Waals surface area contributed by atoms with Gasteiger partial charge in [-0.05, 0) is 111 Å². The van der Waals surface area contributed by atoms with Gasteiger partial charge in [-0.3, -0.25) is 0 Å². The number of fused-ring (bicyclic) bond motifs is 1. The van der Waals surface area contributed by atoms with E-state index in [4.69, 9.17) is 0 Å². The van der Waals surface area contributed by atoms with Gasteiger partial charge in [-0.15, -0.1) is 0 Å². The first-order valence-corrected chi connectivity index (χ1v) is 12.0. The van der Waals surface area contributed by atoms with Crippen LogP contribution < -0.4 is 0 Å². The highest BCUT2D eigenvalue weighted by Crippen LogP contribution is 2.50. The van der Waals surface area contributed by atoms with E-state index in [0.29, 0.717) is 11.1 Å². The molecule has 4 atom stereocenters. The van der Waals surface area contributed by atoms with Crippen LogP contribution in [0.3, 0.4) is 0 Å². The molecule has 1 aromatic carbocycles. The largest absolute Gasteiger partial charge is 0.203 e. The zero-order chi connectivity index (χ0) is 19.7. The molecule has 4 unspecified atom stereocenters. The second kappa shape index (κ2) is 8.84. The molecule has 0 saturated heterocycles. The van der Waals surface area contributed by atoms with Gasteiger partial charge in [-0.25, -0.2) is 8.78 Å². The SMILES string of the molecule is CCCC1CCC2CC(C3CCC(c4ccc(C)c(F)c4F)CC3)CCC2C1.